The van der Waals surface area contributed by atoms with E-state index in [9.17, 15) is 5.11 Å². The molecule has 0 spiro atoms. The normalized spacial score (nSPS) is 14.2. The van der Waals surface area contributed by atoms with E-state index in [-0.39, 0.29) is 6.61 Å². The number of thiophene rings is 1. The number of nitrogens with one attached hydrogen (secondary N) is 2. The van der Waals surface area contributed by atoms with Crippen LogP contribution in [0.15, 0.2) is 47.4 Å². The van der Waals surface area contributed by atoms with Crippen molar-refractivity contribution >= 4 is 39.7 Å². The van der Waals surface area contributed by atoms with E-state index in [1.54, 1.807) is 17.5 Å². The van der Waals surface area contributed by atoms with Gasteiger partial charge in [0, 0.05) is 48.7 Å². The minimum Gasteiger partial charge on any atom is -0.390 e. The summed E-state index contributed by atoms with van der Waals surface area (Å²) in [6, 6.07) is 7.82. The Morgan fingerprint density at radius 2 is 2.00 bits per heavy atom. The lowest BCUT2D eigenvalue weighted by atomic mass is 10.1. The molecule has 1 saturated heterocycles. The van der Waals surface area contributed by atoms with Crippen LogP contribution >= 0.6 is 11.3 Å². The molecule has 0 radical (unpaired) electrons. The average molecular weight is 420 g/mol. The molecule has 4 aromatic heterocycles. The number of rotatable bonds is 5. The summed E-state index contributed by atoms with van der Waals surface area (Å²) >= 11 is 1.60. The van der Waals surface area contributed by atoms with Crippen LogP contribution in [0.4, 0.5) is 17.5 Å². The lowest BCUT2D eigenvalue weighted by molar-refractivity contribution is 0.277. The van der Waals surface area contributed by atoms with Crippen LogP contribution in [0.1, 0.15) is 5.69 Å². The number of aliphatic hydroxyl groups excluding tert-OH is 1. The van der Waals surface area contributed by atoms with Crippen molar-refractivity contribution in [2.45, 2.75) is 6.61 Å². The zero-order valence-corrected chi connectivity index (χ0v) is 17.1. The highest BCUT2D eigenvalue weighted by Gasteiger charge is 2.13. The van der Waals surface area contributed by atoms with Gasteiger partial charge in [0.05, 0.1) is 29.9 Å². The molecule has 0 saturated carbocycles. The Hall–Kier alpha value is -3.14. The largest absolute Gasteiger partial charge is 0.390 e. The molecule has 9 heteroatoms. The monoisotopic (exact) mass is 419 g/mol. The molecule has 1 aliphatic heterocycles. The van der Waals surface area contributed by atoms with E-state index in [2.05, 4.69) is 36.6 Å². The molecule has 4 aromatic rings. The smallest absolute Gasteiger partial charge is 0.228 e. The number of anilines is 3. The van der Waals surface area contributed by atoms with Crippen molar-refractivity contribution in [3.63, 3.8) is 0 Å². The van der Waals surface area contributed by atoms with Gasteiger partial charge in [-0.05, 0) is 29.6 Å². The minimum atomic E-state index is -0.129. The first kappa shape index (κ1) is 18.9. The quantitative estimate of drug-likeness (QED) is 0.454. The highest BCUT2D eigenvalue weighted by Crippen LogP contribution is 2.29. The topological polar surface area (TPSA) is 99.1 Å². The lowest BCUT2D eigenvalue weighted by Gasteiger charge is -2.29. The maximum atomic E-state index is 9.56. The number of aliphatic hydroxyl groups is 1. The standard InChI is InChI=1S/C21H21N7OS/c29-12-16-9-15-10-24-21(27-20(15)19(25-16)14-3-8-30-13-14)26-18-2-1-17(11-23-18)28-6-4-22-5-7-28/h1-3,8-11,13,22,29H,4-7,12H2,(H,23,24,26,27). The average Bonchev–Trinajstić information content (AvgIpc) is 3.34. The maximum absolute atomic E-state index is 9.56. The van der Waals surface area contributed by atoms with Gasteiger partial charge in [-0.3, -0.25) is 0 Å². The van der Waals surface area contributed by atoms with Crippen LogP contribution in [0.2, 0.25) is 0 Å². The first-order chi connectivity index (χ1) is 14.8. The van der Waals surface area contributed by atoms with E-state index in [0.29, 0.717) is 17.5 Å². The van der Waals surface area contributed by atoms with Gasteiger partial charge < -0.3 is 20.6 Å². The summed E-state index contributed by atoms with van der Waals surface area (Å²) in [7, 11) is 0. The van der Waals surface area contributed by atoms with Crippen LogP contribution in [0, 0.1) is 0 Å². The second-order valence-corrected chi connectivity index (χ2v) is 7.81. The maximum Gasteiger partial charge on any atom is 0.228 e. The molecule has 1 fully saturated rings. The number of aromatic nitrogens is 4. The molecular formula is C21H21N7OS. The Balaban J connectivity index is 1.44. The fourth-order valence-corrected chi connectivity index (χ4v) is 4.16. The van der Waals surface area contributed by atoms with Crippen molar-refractivity contribution in [3.8, 4) is 11.3 Å². The fourth-order valence-electron chi connectivity index (χ4n) is 3.52. The highest BCUT2D eigenvalue weighted by molar-refractivity contribution is 7.08. The van der Waals surface area contributed by atoms with Crippen molar-refractivity contribution in [1.82, 2.24) is 25.3 Å². The van der Waals surface area contributed by atoms with Crippen molar-refractivity contribution in [2.75, 3.05) is 36.4 Å². The number of nitrogens with zero attached hydrogens (tertiary/aromatic N) is 5. The van der Waals surface area contributed by atoms with E-state index < -0.39 is 0 Å². The van der Waals surface area contributed by atoms with Crippen LogP contribution in [0.3, 0.4) is 0 Å². The molecule has 0 aromatic carbocycles. The van der Waals surface area contributed by atoms with E-state index in [0.717, 1.165) is 54.0 Å². The number of piperazine rings is 1. The van der Waals surface area contributed by atoms with Crippen molar-refractivity contribution < 1.29 is 5.11 Å². The third-order valence-corrected chi connectivity index (χ3v) is 5.73. The second kappa shape index (κ2) is 8.31. The van der Waals surface area contributed by atoms with Gasteiger partial charge in [0.15, 0.2) is 0 Å². The Morgan fingerprint density at radius 3 is 2.73 bits per heavy atom. The Labute approximate surface area is 177 Å². The molecule has 0 amide bonds. The summed E-state index contributed by atoms with van der Waals surface area (Å²) < 4.78 is 0. The third kappa shape index (κ3) is 3.82. The molecule has 0 bridgehead atoms. The van der Waals surface area contributed by atoms with E-state index in [1.165, 1.54) is 0 Å². The molecule has 0 unspecified atom stereocenters. The van der Waals surface area contributed by atoms with Crippen LogP contribution in [-0.4, -0.2) is 51.2 Å². The van der Waals surface area contributed by atoms with Gasteiger partial charge >= 0.3 is 0 Å². The van der Waals surface area contributed by atoms with Crippen LogP contribution < -0.4 is 15.5 Å². The van der Waals surface area contributed by atoms with E-state index in [4.69, 9.17) is 4.98 Å². The molecule has 8 nitrogen and oxygen atoms in total. The molecule has 1 aliphatic rings. The summed E-state index contributed by atoms with van der Waals surface area (Å²) in [6.45, 7) is 3.82. The van der Waals surface area contributed by atoms with Gasteiger partial charge in [0.2, 0.25) is 5.95 Å². The van der Waals surface area contributed by atoms with E-state index in [1.807, 2.05) is 35.2 Å². The lowest BCUT2D eigenvalue weighted by Crippen LogP contribution is -2.43. The number of fused-ring (bicyclic) bond motifs is 1. The zero-order valence-electron chi connectivity index (χ0n) is 16.2. The SMILES string of the molecule is OCc1cc2cnc(Nc3ccc(N4CCNCC4)cn3)nc2c(-c2ccsc2)n1. The summed E-state index contributed by atoms with van der Waals surface area (Å²) in [5.74, 6) is 1.14. The van der Waals surface area contributed by atoms with Gasteiger partial charge in [-0.1, -0.05) is 0 Å². The van der Waals surface area contributed by atoms with E-state index >= 15 is 0 Å². The number of hydrogen-bond acceptors (Lipinski definition) is 9. The number of hydrogen-bond donors (Lipinski definition) is 3. The van der Waals surface area contributed by atoms with Gasteiger partial charge in [0.1, 0.15) is 11.3 Å². The predicted molar refractivity (Wildman–Crippen MR) is 119 cm³/mol. The van der Waals surface area contributed by atoms with Gasteiger partial charge in [-0.2, -0.15) is 11.3 Å². The van der Waals surface area contributed by atoms with Gasteiger partial charge in [-0.25, -0.2) is 19.9 Å². The summed E-state index contributed by atoms with van der Waals surface area (Å²) in [4.78, 5) is 20.5. The first-order valence-corrected chi connectivity index (χ1v) is 10.7. The second-order valence-electron chi connectivity index (χ2n) is 7.03. The molecule has 0 atom stereocenters. The fraction of sp³-hybridized carbons (Fsp3) is 0.238. The summed E-state index contributed by atoms with van der Waals surface area (Å²) in [6.07, 6.45) is 3.62. The third-order valence-electron chi connectivity index (χ3n) is 5.05. The molecule has 0 aliphatic carbocycles. The van der Waals surface area contributed by atoms with Crippen LogP contribution in [-0.2, 0) is 6.61 Å². The van der Waals surface area contributed by atoms with Crippen LogP contribution in [0.25, 0.3) is 22.2 Å². The van der Waals surface area contributed by atoms with Gasteiger partial charge in [-0.15, -0.1) is 0 Å². The number of pyridine rings is 2. The Morgan fingerprint density at radius 1 is 1.10 bits per heavy atom. The summed E-state index contributed by atoms with van der Waals surface area (Å²) in [5.41, 5.74) is 4.16. The zero-order chi connectivity index (χ0) is 20.3. The summed E-state index contributed by atoms with van der Waals surface area (Å²) in [5, 5.41) is 21.0. The highest BCUT2D eigenvalue weighted by atomic mass is 32.1. The molecule has 152 valence electrons. The molecule has 5 rings (SSSR count). The van der Waals surface area contributed by atoms with Crippen LogP contribution in [0.5, 0.6) is 0 Å². The van der Waals surface area contributed by atoms with Crippen molar-refractivity contribution in [2.24, 2.45) is 0 Å². The molecule has 30 heavy (non-hydrogen) atoms. The van der Waals surface area contributed by atoms with Crippen molar-refractivity contribution in [1.29, 1.82) is 0 Å². The molecule has 5 heterocycles. The predicted octanol–water partition coefficient (Wildman–Crippen LogP) is 2.79. The Kier molecular flexibility index (Phi) is 5.22. The molecular weight excluding hydrogens is 398 g/mol. The van der Waals surface area contributed by atoms with Crippen molar-refractivity contribution in [3.05, 3.63) is 53.1 Å². The first-order valence-electron chi connectivity index (χ1n) is 9.79. The van der Waals surface area contributed by atoms with Gasteiger partial charge in [0.25, 0.3) is 0 Å². The molecule has 3 N–H and O–H groups in total. The minimum absolute atomic E-state index is 0.129. The Bertz CT molecular complexity index is 1140.